The molecule has 0 spiro atoms. The van der Waals surface area contributed by atoms with Gasteiger partial charge in [0.25, 0.3) is 0 Å². The lowest BCUT2D eigenvalue weighted by molar-refractivity contribution is 1.42. The molecular formula is C5H9N2-. The largest absolute Gasteiger partial charge is 0.705 e. The Balaban J connectivity index is 3.82. The number of allylic oxidation sites excluding steroid dienone is 1. The van der Waals surface area contributed by atoms with Crippen molar-refractivity contribution in [1.29, 1.82) is 5.41 Å². The first-order valence-electron chi connectivity index (χ1n) is 2.08. The fraction of sp³-hybridized carbons (Fsp3) is 0.400. The molecule has 0 aliphatic rings. The van der Waals surface area contributed by atoms with Gasteiger partial charge < -0.3 is 11.1 Å². The van der Waals surface area contributed by atoms with E-state index in [1.807, 2.05) is 0 Å². The molecule has 2 heteroatoms. The van der Waals surface area contributed by atoms with E-state index in [9.17, 15) is 0 Å². The number of hydrogen-bond donors (Lipinski definition) is 1. The van der Waals surface area contributed by atoms with Crippen LogP contribution in [-0.4, -0.2) is 5.71 Å². The van der Waals surface area contributed by atoms with E-state index in [4.69, 9.17) is 11.1 Å². The summed E-state index contributed by atoms with van der Waals surface area (Å²) in [6.45, 7) is 3.41. The number of nitrogens with one attached hydrogen (secondary N) is 2. The minimum atomic E-state index is 0.468. The molecule has 0 aliphatic carbocycles. The second kappa shape index (κ2) is 2.39. The molecule has 0 aromatic heterocycles. The third kappa shape index (κ3) is 1.98. The van der Waals surface area contributed by atoms with Gasteiger partial charge in [-0.15, -0.1) is 0 Å². The molecule has 0 saturated heterocycles. The van der Waals surface area contributed by atoms with Crippen molar-refractivity contribution in [2.24, 2.45) is 0 Å². The van der Waals surface area contributed by atoms with Crippen LogP contribution in [0.4, 0.5) is 0 Å². The highest BCUT2D eigenvalue weighted by Crippen LogP contribution is 1.91. The molecule has 40 valence electrons. The van der Waals surface area contributed by atoms with Crippen LogP contribution in [-0.2, 0) is 0 Å². The van der Waals surface area contributed by atoms with Gasteiger partial charge in [-0.05, 0) is 13.8 Å². The lowest BCUT2D eigenvalue weighted by Gasteiger charge is -1.95. The minimum absolute atomic E-state index is 0.468. The molecule has 0 saturated carbocycles. The van der Waals surface area contributed by atoms with E-state index in [0.717, 1.165) is 5.57 Å². The van der Waals surface area contributed by atoms with Gasteiger partial charge in [0.2, 0.25) is 0 Å². The van der Waals surface area contributed by atoms with Gasteiger partial charge in [-0.3, -0.25) is 0 Å². The Morgan fingerprint density at radius 2 is 2.00 bits per heavy atom. The van der Waals surface area contributed by atoms with Crippen LogP contribution in [0.15, 0.2) is 11.8 Å². The maximum atomic E-state index is 6.91. The molecule has 0 heterocycles. The third-order valence-electron chi connectivity index (χ3n) is 0.808. The Labute approximate surface area is 43.5 Å². The van der Waals surface area contributed by atoms with Gasteiger partial charge in [-0.25, -0.2) is 0 Å². The molecule has 0 atom stereocenters. The second-order valence-electron chi connectivity index (χ2n) is 1.45. The predicted molar refractivity (Wildman–Crippen MR) is 31.5 cm³/mol. The van der Waals surface area contributed by atoms with Crippen LogP contribution >= 0.6 is 0 Å². The smallest absolute Gasteiger partial charge is 0.0294 e. The standard InChI is InChI=1S/C5H9N2/c1-4(3-6)5(2)7/h3,6-7H,1-2H3/q-1/b4-3-,7-5?. The van der Waals surface area contributed by atoms with Crippen molar-refractivity contribution in [3.63, 3.8) is 0 Å². The van der Waals surface area contributed by atoms with Gasteiger partial charge in [-0.1, -0.05) is 5.57 Å². The maximum Gasteiger partial charge on any atom is 0.0294 e. The van der Waals surface area contributed by atoms with Crippen molar-refractivity contribution in [2.45, 2.75) is 13.8 Å². The van der Waals surface area contributed by atoms with Crippen LogP contribution in [0, 0.1) is 5.41 Å². The highest BCUT2D eigenvalue weighted by Gasteiger charge is 1.81. The Morgan fingerprint density at radius 1 is 1.57 bits per heavy atom. The van der Waals surface area contributed by atoms with Crippen LogP contribution in [0.3, 0.4) is 0 Å². The van der Waals surface area contributed by atoms with Gasteiger partial charge >= 0.3 is 0 Å². The van der Waals surface area contributed by atoms with Crippen molar-refractivity contribution >= 4 is 5.71 Å². The lowest BCUT2D eigenvalue weighted by atomic mass is 10.2. The number of hydrogen-bond acceptors (Lipinski definition) is 1. The van der Waals surface area contributed by atoms with Crippen molar-refractivity contribution in [2.75, 3.05) is 0 Å². The van der Waals surface area contributed by atoms with E-state index in [2.05, 4.69) is 0 Å². The molecule has 0 aromatic carbocycles. The summed E-state index contributed by atoms with van der Waals surface area (Å²) in [6.07, 6.45) is 1.18. The van der Waals surface area contributed by atoms with Crippen LogP contribution < -0.4 is 0 Å². The fourth-order valence-corrected chi connectivity index (χ4v) is 0.108. The van der Waals surface area contributed by atoms with Crippen LogP contribution in [0.5, 0.6) is 0 Å². The average molecular weight is 97.1 g/mol. The predicted octanol–water partition coefficient (Wildman–Crippen LogP) is 1.98. The quantitative estimate of drug-likeness (QED) is 0.486. The Bertz CT molecular complexity index is 103. The van der Waals surface area contributed by atoms with Crippen molar-refractivity contribution < 1.29 is 0 Å². The zero-order valence-electron chi connectivity index (χ0n) is 4.58. The summed E-state index contributed by atoms with van der Waals surface area (Å²) in [6, 6.07) is 0. The summed E-state index contributed by atoms with van der Waals surface area (Å²) in [5.41, 5.74) is 7.83. The monoisotopic (exact) mass is 97.1 g/mol. The minimum Gasteiger partial charge on any atom is -0.705 e. The summed E-state index contributed by atoms with van der Waals surface area (Å²) in [4.78, 5) is 0. The summed E-state index contributed by atoms with van der Waals surface area (Å²) in [7, 11) is 0. The van der Waals surface area contributed by atoms with Crippen molar-refractivity contribution in [1.82, 2.24) is 0 Å². The molecule has 0 radical (unpaired) electrons. The molecule has 7 heavy (non-hydrogen) atoms. The van der Waals surface area contributed by atoms with E-state index < -0.39 is 0 Å². The molecule has 0 fully saturated rings. The van der Waals surface area contributed by atoms with Gasteiger partial charge in [0.15, 0.2) is 0 Å². The maximum absolute atomic E-state index is 6.91. The van der Waals surface area contributed by atoms with Crippen LogP contribution in [0.2, 0.25) is 0 Å². The second-order valence-corrected chi connectivity index (χ2v) is 1.45. The first-order chi connectivity index (χ1) is 3.18. The third-order valence-corrected chi connectivity index (χ3v) is 0.808. The molecule has 2 N–H and O–H groups in total. The van der Waals surface area contributed by atoms with Crippen LogP contribution in [0.25, 0.3) is 5.73 Å². The molecule has 0 unspecified atom stereocenters. The first kappa shape index (κ1) is 6.21. The number of rotatable bonds is 1. The molecule has 0 rings (SSSR count). The van der Waals surface area contributed by atoms with Crippen molar-refractivity contribution in [3.8, 4) is 0 Å². The van der Waals surface area contributed by atoms with Gasteiger partial charge in [-0.2, -0.15) is 6.20 Å². The van der Waals surface area contributed by atoms with Gasteiger partial charge in [0, 0.05) is 5.71 Å². The first-order valence-corrected chi connectivity index (χ1v) is 2.08. The highest BCUT2D eigenvalue weighted by atomic mass is 14.5. The average Bonchev–Trinajstić information content (AvgIpc) is 1.65. The van der Waals surface area contributed by atoms with Crippen LogP contribution in [0.1, 0.15) is 13.8 Å². The molecule has 2 nitrogen and oxygen atoms in total. The SMILES string of the molecule is CC(=N)/C(C)=C\[NH-]. The summed E-state index contributed by atoms with van der Waals surface area (Å²) in [5, 5.41) is 6.91. The summed E-state index contributed by atoms with van der Waals surface area (Å²) < 4.78 is 0. The highest BCUT2D eigenvalue weighted by molar-refractivity contribution is 5.95. The normalized spacial score (nSPS) is 11.4. The zero-order valence-corrected chi connectivity index (χ0v) is 4.58. The van der Waals surface area contributed by atoms with E-state index in [0.29, 0.717) is 5.71 Å². The van der Waals surface area contributed by atoms with E-state index in [-0.39, 0.29) is 0 Å². The topological polar surface area (TPSA) is 47.7 Å². The Kier molecular flexibility index (Phi) is 2.12. The fourth-order valence-electron chi connectivity index (χ4n) is 0.108. The lowest BCUT2D eigenvalue weighted by Crippen LogP contribution is -1.86. The zero-order chi connectivity index (χ0) is 5.86. The molecule has 0 aromatic rings. The Hall–Kier alpha value is -0.790. The molecule has 0 amide bonds. The van der Waals surface area contributed by atoms with Gasteiger partial charge in [0.05, 0.1) is 0 Å². The Morgan fingerprint density at radius 3 is 2.00 bits per heavy atom. The summed E-state index contributed by atoms with van der Waals surface area (Å²) >= 11 is 0. The summed E-state index contributed by atoms with van der Waals surface area (Å²) in [5.74, 6) is 0. The van der Waals surface area contributed by atoms with Gasteiger partial charge in [0.1, 0.15) is 0 Å². The van der Waals surface area contributed by atoms with Crippen molar-refractivity contribution in [3.05, 3.63) is 17.5 Å². The molecule has 0 aliphatic heterocycles. The molecule has 0 bridgehead atoms. The van der Waals surface area contributed by atoms with E-state index in [1.54, 1.807) is 13.8 Å². The molecular weight excluding hydrogens is 88.1 g/mol. The van der Waals surface area contributed by atoms with E-state index in [1.165, 1.54) is 6.20 Å². The van der Waals surface area contributed by atoms with E-state index >= 15 is 0 Å².